The zero-order valence-corrected chi connectivity index (χ0v) is 15.6. The number of rotatable bonds is 4. The Morgan fingerprint density at radius 3 is 2.71 bits per heavy atom. The highest BCUT2D eigenvalue weighted by Crippen LogP contribution is 2.23. The van der Waals surface area contributed by atoms with Crippen LogP contribution in [0.25, 0.3) is 27.5 Å². The minimum atomic E-state index is -0.288. The number of benzene rings is 2. The third-order valence-corrected chi connectivity index (χ3v) is 4.93. The predicted molar refractivity (Wildman–Crippen MR) is 108 cm³/mol. The largest absolute Gasteiger partial charge is 0.395 e. The Hall–Kier alpha value is -3.45. The average Bonchev–Trinajstić information content (AvgIpc) is 3.05. The molecule has 0 spiro atoms. The van der Waals surface area contributed by atoms with Gasteiger partial charge in [-0.15, -0.1) is 0 Å². The molecule has 0 atom stereocenters. The summed E-state index contributed by atoms with van der Waals surface area (Å²) in [6.45, 7) is 4.07. The van der Waals surface area contributed by atoms with Crippen LogP contribution in [0.15, 0.2) is 47.4 Å². The first-order valence-corrected chi connectivity index (χ1v) is 9.00. The van der Waals surface area contributed by atoms with Crippen molar-refractivity contribution in [3.05, 3.63) is 69.6 Å². The van der Waals surface area contributed by atoms with Gasteiger partial charge in [0.1, 0.15) is 0 Å². The summed E-state index contributed by atoms with van der Waals surface area (Å²) in [5, 5.41) is 15.8. The summed E-state index contributed by atoms with van der Waals surface area (Å²) in [5.74, 6) is -0.288. The molecule has 2 aromatic heterocycles. The Morgan fingerprint density at radius 1 is 1.14 bits per heavy atom. The zero-order valence-electron chi connectivity index (χ0n) is 15.6. The van der Waals surface area contributed by atoms with E-state index in [9.17, 15) is 9.59 Å². The molecule has 3 N–H and O–H groups in total. The molecular weight excluding hydrogens is 356 g/mol. The Kier molecular flexibility index (Phi) is 4.44. The number of carbonyl (C=O) groups is 1. The third kappa shape index (κ3) is 2.95. The van der Waals surface area contributed by atoms with Crippen molar-refractivity contribution in [1.82, 2.24) is 20.1 Å². The highest BCUT2D eigenvalue weighted by atomic mass is 16.3. The number of fused-ring (bicyclic) bond motifs is 3. The van der Waals surface area contributed by atoms with E-state index in [2.05, 4.69) is 15.4 Å². The van der Waals surface area contributed by atoms with E-state index in [0.717, 1.165) is 16.8 Å². The monoisotopic (exact) mass is 376 g/mol. The van der Waals surface area contributed by atoms with Gasteiger partial charge in [0.15, 0.2) is 0 Å². The summed E-state index contributed by atoms with van der Waals surface area (Å²) < 4.78 is 1.50. The standard InChI is InChI=1S/C21H20N4O3/c1-12-3-5-15(9-13(12)2)25-21(28)17-11-23-18-6-4-14(20(27)22-7-8-26)10-16(18)19(17)24-25/h3-6,9-11,24,26H,7-8H2,1-2H3,(H,22,27). The van der Waals surface area contributed by atoms with E-state index in [1.54, 1.807) is 24.4 Å². The first-order chi connectivity index (χ1) is 13.5. The van der Waals surface area contributed by atoms with E-state index in [0.29, 0.717) is 27.4 Å². The molecule has 2 heterocycles. The predicted octanol–water partition coefficient (Wildman–Crippen LogP) is 2.21. The molecule has 0 aliphatic rings. The van der Waals surface area contributed by atoms with Crippen LogP contribution in [0.2, 0.25) is 0 Å². The van der Waals surface area contributed by atoms with Gasteiger partial charge in [0.05, 0.1) is 28.7 Å². The molecule has 1 amide bonds. The number of nitrogens with one attached hydrogen (secondary N) is 2. The summed E-state index contributed by atoms with van der Waals surface area (Å²) in [5.41, 5.74) is 4.55. The number of pyridine rings is 1. The lowest BCUT2D eigenvalue weighted by Gasteiger charge is -2.06. The number of hydrogen-bond acceptors (Lipinski definition) is 4. The van der Waals surface area contributed by atoms with E-state index in [1.807, 2.05) is 32.0 Å². The van der Waals surface area contributed by atoms with Crippen LogP contribution in [-0.2, 0) is 0 Å². The molecule has 142 valence electrons. The minimum absolute atomic E-state index is 0.128. The quantitative estimate of drug-likeness (QED) is 0.508. The Balaban J connectivity index is 1.90. The molecule has 0 bridgehead atoms. The first-order valence-electron chi connectivity index (χ1n) is 9.00. The van der Waals surface area contributed by atoms with E-state index in [1.165, 1.54) is 4.68 Å². The second-order valence-electron chi connectivity index (χ2n) is 6.78. The minimum Gasteiger partial charge on any atom is -0.395 e. The number of H-pyrrole nitrogens is 1. The van der Waals surface area contributed by atoms with Gasteiger partial charge in [-0.1, -0.05) is 6.07 Å². The van der Waals surface area contributed by atoms with E-state index in [4.69, 9.17) is 5.11 Å². The molecule has 0 fully saturated rings. The highest BCUT2D eigenvalue weighted by molar-refractivity contribution is 6.06. The number of aliphatic hydroxyl groups excluding tert-OH is 1. The molecule has 0 unspecified atom stereocenters. The van der Waals surface area contributed by atoms with E-state index < -0.39 is 0 Å². The lowest BCUT2D eigenvalue weighted by molar-refractivity contribution is 0.0945. The maximum absolute atomic E-state index is 12.9. The SMILES string of the molecule is Cc1ccc(-n2[nH]c3c(cnc4ccc(C(=O)NCCO)cc43)c2=O)cc1C. The van der Waals surface area contributed by atoms with Crippen molar-refractivity contribution in [3.63, 3.8) is 0 Å². The second kappa shape index (κ2) is 6.94. The fraction of sp³-hybridized carbons (Fsp3) is 0.190. The molecular formula is C21H20N4O3. The molecule has 28 heavy (non-hydrogen) atoms. The van der Waals surface area contributed by atoms with Crippen LogP contribution in [-0.4, -0.2) is 38.9 Å². The topological polar surface area (TPSA) is 100 Å². The van der Waals surface area contributed by atoms with Crippen molar-refractivity contribution in [3.8, 4) is 5.69 Å². The molecule has 0 saturated heterocycles. The molecule has 0 aliphatic heterocycles. The molecule has 4 aromatic rings. The number of nitrogens with zero attached hydrogens (tertiary/aromatic N) is 2. The van der Waals surface area contributed by atoms with Crippen LogP contribution < -0.4 is 10.9 Å². The number of hydrogen-bond donors (Lipinski definition) is 3. The molecule has 2 aromatic carbocycles. The van der Waals surface area contributed by atoms with Crippen molar-refractivity contribution < 1.29 is 9.90 Å². The van der Waals surface area contributed by atoms with E-state index >= 15 is 0 Å². The molecule has 7 nitrogen and oxygen atoms in total. The van der Waals surface area contributed by atoms with Crippen LogP contribution in [0.5, 0.6) is 0 Å². The maximum atomic E-state index is 12.9. The van der Waals surface area contributed by atoms with Gasteiger partial charge in [0.2, 0.25) is 0 Å². The summed E-state index contributed by atoms with van der Waals surface area (Å²) >= 11 is 0. The van der Waals surface area contributed by atoms with Crippen molar-refractivity contribution in [2.75, 3.05) is 13.2 Å². The van der Waals surface area contributed by atoms with Gasteiger partial charge in [0.25, 0.3) is 11.5 Å². The van der Waals surface area contributed by atoms with Gasteiger partial charge in [0, 0.05) is 23.7 Å². The summed E-state index contributed by atoms with van der Waals surface area (Å²) in [4.78, 5) is 29.5. The van der Waals surface area contributed by atoms with Crippen molar-refractivity contribution in [1.29, 1.82) is 0 Å². The maximum Gasteiger partial charge on any atom is 0.280 e. The fourth-order valence-corrected chi connectivity index (χ4v) is 3.22. The smallest absolute Gasteiger partial charge is 0.280 e. The Labute approximate surface area is 160 Å². The lowest BCUT2D eigenvalue weighted by atomic mass is 10.1. The van der Waals surface area contributed by atoms with Gasteiger partial charge in [-0.25, -0.2) is 4.68 Å². The number of aromatic nitrogens is 3. The van der Waals surface area contributed by atoms with Crippen LogP contribution >= 0.6 is 0 Å². The Morgan fingerprint density at radius 2 is 1.96 bits per heavy atom. The van der Waals surface area contributed by atoms with Gasteiger partial charge < -0.3 is 10.4 Å². The van der Waals surface area contributed by atoms with Gasteiger partial charge >= 0.3 is 0 Å². The average molecular weight is 376 g/mol. The van der Waals surface area contributed by atoms with E-state index in [-0.39, 0.29) is 24.6 Å². The number of aromatic amines is 1. The first kappa shape index (κ1) is 17.9. The van der Waals surface area contributed by atoms with Crippen LogP contribution in [0.4, 0.5) is 0 Å². The highest BCUT2D eigenvalue weighted by Gasteiger charge is 2.14. The van der Waals surface area contributed by atoms with Crippen LogP contribution in [0, 0.1) is 13.8 Å². The third-order valence-electron chi connectivity index (χ3n) is 4.93. The van der Waals surface area contributed by atoms with Crippen molar-refractivity contribution in [2.24, 2.45) is 0 Å². The molecule has 0 radical (unpaired) electrons. The molecule has 0 saturated carbocycles. The normalized spacial score (nSPS) is 11.2. The summed E-state index contributed by atoms with van der Waals surface area (Å²) in [6.07, 6.45) is 1.56. The van der Waals surface area contributed by atoms with Gasteiger partial charge in [-0.3, -0.25) is 19.7 Å². The summed E-state index contributed by atoms with van der Waals surface area (Å²) in [6, 6.07) is 10.9. The van der Waals surface area contributed by atoms with Crippen molar-refractivity contribution >= 4 is 27.7 Å². The summed E-state index contributed by atoms with van der Waals surface area (Å²) in [7, 11) is 0. The molecule has 7 heteroatoms. The van der Waals surface area contributed by atoms with Gasteiger partial charge in [-0.2, -0.15) is 0 Å². The molecule has 4 rings (SSSR count). The lowest BCUT2D eigenvalue weighted by Crippen LogP contribution is -2.26. The van der Waals surface area contributed by atoms with Gasteiger partial charge in [-0.05, 0) is 55.3 Å². The number of aliphatic hydroxyl groups is 1. The van der Waals surface area contributed by atoms with Crippen LogP contribution in [0.1, 0.15) is 21.5 Å². The Bertz CT molecular complexity index is 1270. The number of carbonyl (C=O) groups excluding carboxylic acids is 1. The second-order valence-corrected chi connectivity index (χ2v) is 6.78. The zero-order chi connectivity index (χ0) is 19.8. The molecule has 0 aliphatic carbocycles. The van der Waals surface area contributed by atoms with Crippen LogP contribution in [0.3, 0.4) is 0 Å². The number of amides is 1. The van der Waals surface area contributed by atoms with Crippen molar-refractivity contribution in [2.45, 2.75) is 13.8 Å². The fourth-order valence-electron chi connectivity index (χ4n) is 3.22. The number of aryl methyl sites for hydroxylation is 2.